The monoisotopic (exact) mass is 646 g/mol. The highest BCUT2D eigenvalue weighted by atomic mass is 19.1. The molecule has 2 fully saturated rings. The second kappa shape index (κ2) is 11.6. The molecule has 2 aliphatic heterocycles. The number of carboxylic acids is 1. The number of carboxylic acid groups (broad SMARTS) is 1. The minimum absolute atomic E-state index is 0.0105. The minimum Gasteiger partial charge on any atom is -0.477 e. The summed E-state index contributed by atoms with van der Waals surface area (Å²) in [7, 11) is 1.29. The quantitative estimate of drug-likeness (QED) is 0.284. The number of halogens is 2. The van der Waals surface area contributed by atoms with Gasteiger partial charge in [0, 0.05) is 49.4 Å². The van der Waals surface area contributed by atoms with Crippen molar-refractivity contribution in [3.8, 4) is 0 Å². The number of hydrogen-bond acceptors (Lipinski definition) is 9. The third kappa shape index (κ3) is 5.44. The maximum absolute atomic E-state index is 15.4. The molecule has 1 saturated carbocycles. The van der Waals surface area contributed by atoms with Crippen LogP contribution in [0.4, 0.5) is 20.2 Å². The van der Waals surface area contributed by atoms with Crippen molar-refractivity contribution < 1.29 is 33.1 Å². The summed E-state index contributed by atoms with van der Waals surface area (Å²) < 4.78 is 32.3. The van der Waals surface area contributed by atoms with Crippen molar-refractivity contribution in [1.29, 1.82) is 0 Å². The summed E-state index contributed by atoms with van der Waals surface area (Å²) in [6.45, 7) is 1.19. The fraction of sp³-hybridized carbons (Fsp3) is 0.323. The van der Waals surface area contributed by atoms with E-state index in [0.29, 0.717) is 48.6 Å². The summed E-state index contributed by atoms with van der Waals surface area (Å²) in [6, 6.07) is 6.67. The number of rotatable bonds is 8. The van der Waals surface area contributed by atoms with Gasteiger partial charge in [-0.15, -0.1) is 5.10 Å². The van der Waals surface area contributed by atoms with Crippen molar-refractivity contribution in [3.63, 3.8) is 0 Å². The maximum Gasteiger partial charge on any atom is 0.341 e. The number of carbonyl (C=O) groups is 3. The van der Waals surface area contributed by atoms with Crippen molar-refractivity contribution >= 4 is 45.8 Å². The Kier molecular flexibility index (Phi) is 7.41. The van der Waals surface area contributed by atoms with Crippen LogP contribution in [0.2, 0.25) is 0 Å². The Morgan fingerprint density at radius 1 is 1.04 bits per heavy atom. The Morgan fingerprint density at radius 3 is 2.51 bits per heavy atom. The molecule has 1 aliphatic carbocycles. The van der Waals surface area contributed by atoms with E-state index in [1.807, 2.05) is 0 Å². The van der Waals surface area contributed by atoms with Crippen LogP contribution in [0, 0.1) is 11.6 Å². The SMILES string of the molecule is CO/N=C1/C(=O)N(Cc2cn(CC(=O)N3CCN(c4cc5c(cc4F)c(=O)c(C(=O)O)cn5C4CC4)CC3)nn2)c2ccc(F)cc21. The minimum atomic E-state index is -1.35. The standard InChI is InChI=1S/C31H28F2N8O6/c1-47-35-28-20-10-17(32)2-5-24(20)41(30(28)44)14-18-13-39(36-34-18)16-27(42)38-8-6-37(7-9-38)26-12-25-21(11-23(26)33)29(43)22(31(45)46)15-40(25)19-3-4-19/h2,5,10-13,15,19H,3-4,6-9,14,16H2,1H3,(H,45,46)/b35-28+. The molecule has 0 bridgehead atoms. The van der Waals surface area contributed by atoms with Crippen molar-refractivity contribution in [2.75, 3.05) is 43.1 Å². The smallest absolute Gasteiger partial charge is 0.341 e. The Morgan fingerprint density at radius 2 is 1.81 bits per heavy atom. The van der Waals surface area contributed by atoms with Gasteiger partial charge in [0.1, 0.15) is 36.5 Å². The van der Waals surface area contributed by atoms with Gasteiger partial charge in [-0.05, 0) is 43.2 Å². The number of fused-ring (bicyclic) bond motifs is 2. The first-order valence-corrected chi connectivity index (χ1v) is 14.9. The Balaban J connectivity index is 1.02. The van der Waals surface area contributed by atoms with Crippen molar-refractivity contribution in [2.45, 2.75) is 32.0 Å². The van der Waals surface area contributed by atoms with Crippen molar-refractivity contribution in [1.82, 2.24) is 24.5 Å². The zero-order valence-electron chi connectivity index (χ0n) is 25.1. The van der Waals surface area contributed by atoms with E-state index in [2.05, 4.69) is 15.5 Å². The average molecular weight is 647 g/mol. The largest absolute Gasteiger partial charge is 0.477 e. The van der Waals surface area contributed by atoms with Crippen molar-refractivity contribution in [3.05, 3.63) is 81.4 Å². The highest BCUT2D eigenvalue weighted by molar-refractivity contribution is 6.54. The Labute approximate surface area is 265 Å². The van der Waals surface area contributed by atoms with Crippen LogP contribution in [-0.4, -0.2) is 86.4 Å². The number of amides is 2. The predicted molar refractivity (Wildman–Crippen MR) is 163 cm³/mol. The van der Waals surface area contributed by atoms with E-state index < -0.39 is 28.9 Å². The molecule has 47 heavy (non-hydrogen) atoms. The maximum atomic E-state index is 15.4. The van der Waals surface area contributed by atoms with Gasteiger partial charge in [-0.25, -0.2) is 18.3 Å². The summed E-state index contributed by atoms with van der Waals surface area (Å²) in [6.07, 6.45) is 4.57. The van der Waals surface area contributed by atoms with Gasteiger partial charge in [-0.1, -0.05) is 10.4 Å². The van der Waals surface area contributed by atoms with E-state index in [1.165, 1.54) is 41.1 Å². The van der Waals surface area contributed by atoms with Crippen LogP contribution in [0.25, 0.3) is 10.9 Å². The Bertz CT molecular complexity index is 2050. The number of piperazine rings is 1. The van der Waals surface area contributed by atoms with Gasteiger partial charge in [0.2, 0.25) is 11.3 Å². The molecule has 0 radical (unpaired) electrons. The van der Waals surface area contributed by atoms with E-state index >= 15 is 4.39 Å². The number of benzene rings is 2. The summed E-state index contributed by atoms with van der Waals surface area (Å²) >= 11 is 0. The number of carbonyl (C=O) groups excluding carboxylic acids is 2. The first-order valence-electron chi connectivity index (χ1n) is 14.9. The lowest BCUT2D eigenvalue weighted by Gasteiger charge is -2.36. The summed E-state index contributed by atoms with van der Waals surface area (Å²) in [5, 5.41) is 21.4. The number of hydrogen-bond donors (Lipinski definition) is 1. The van der Waals surface area contributed by atoms with Crippen LogP contribution in [0.1, 0.15) is 40.5 Å². The lowest BCUT2D eigenvalue weighted by Crippen LogP contribution is -2.50. The second-order valence-corrected chi connectivity index (χ2v) is 11.6. The fourth-order valence-electron chi connectivity index (χ4n) is 6.12. The molecule has 2 amide bonds. The molecule has 3 aliphatic rings. The second-order valence-electron chi connectivity index (χ2n) is 11.6. The lowest BCUT2D eigenvalue weighted by atomic mass is 10.1. The third-order valence-electron chi connectivity index (χ3n) is 8.58. The molecule has 2 aromatic heterocycles. The summed E-state index contributed by atoms with van der Waals surface area (Å²) in [5.41, 5.74) is 0.758. The summed E-state index contributed by atoms with van der Waals surface area (Å²) in [5.74, 6) is -3.23. The van der Waals surface area contributed by atoms with Gasteiger partial charge in [0.25, 0.3) is 5.91 Å². The van der Waals surface area contributed by atoms with Gasteiger partial charge in [-0.2, -0.15) is 0 Å². The first kappa shape index (κ1) is 30.0. The van der Waals surface area contributed by atoms with E-state index in [4.69, 9.17) is 4.84 Å². The average Bonchev–Trinajstić information content (AvgIpc) is 3.75. The summed E-state index contributed by atoms with van der Waals surface area (Å²) in [4.78, 5) is 60.2. The lowest BCUT2D eigenvalue weighted by molar-refractivity contribution is -0.132. The number of oxime groups is 1. The van der Waals surface area contributed by atoms with Crippen LogP contribution < -0.4 is 15.2 Å². The molecule has 0 unspecified atom stereocenters. The van der Waals surface area contributed by atoms with Crippen LogP contribution in [0.5, 0.6) is 0 Å². The fourth-order valence-corrected chi connectivity index (χ4v) is 6.12. The van der Waals surface area contributed by atoms with Crippen LogP contribution >= 0.6 is 0 Å². The van der Waals surface area contributed by atoms with E-state index in [-0.39, 0.29) is 47.4 Å². The molecule has 14 nitrogen and oxygen atoms in total. The molecule has 1 N–H and O–H groups in total. The van der Waals surface area contributed by atoms with E-state index in [9.17, 15) is 28.7 Å². The number of aromatic nitrogens is 4. The molecule has 0 spiro atoms. The van der Waals surface area contributed by atoms with Crippen LogP contribution in [-0.2, 0) is 27.5 Å². The van der Waals surface area contributed by atoms with Gasteiger partial charge >= 0.3 is 5.97 Å². The molecule has 4 aromatic rings. The third-order valence-corrected chi connectivity index (χ3v) is 8.58. The van der Waals surface area contributed by atoms with Crippen LogP contribution in [0.15, 0.2) is 52.7 Å². The molecular weight excluding hydrogens is 618 g/mol. The van der Waals surface area contributed by atoms with E-state index in [0.717, 1.165) is 18.9 Å². The number of nitrogens with zero attached hydrogens (tertiary/aromatic N) is 8. The zero-order valence-corrected chi connectivity index (χ0v) is 25.1. The molecule has 242 valence electrons. The number of pyridine rings is 1. The zero-order chi connectivity index (χ0) is 33.0. The molecule has 7 rings (SSSR count). The number of aromatic carboxylic acids is 1. The van der Waals surface area contributed by atoms with E-state index in [1.54, 1.807) is 26.6 Å². The predicted octanol–water partition coefficient (Wildman–Crippen LogP) is 2.15. The first-order chi connectivity index (χ1) is 22.6. The normalized spacial score (nSPS) is 17.1. The van der Waals surface area contributed by atoms with Gasteiger partial charge < -0.3 is 29.2 Å². The van der Waals surface area contributed by atoms with Gasteiger partial charge in [-0.3, -0.25) is 14.4 Å². The molecule has 4 heterocycles. The molecular formula is C31H28F2N8O6. The van der Waals surface area contributed by atoms with Gasteiger partial charge in [0.05, 0.1) is 29.6 Å². The molecule has 0 atom stereocenters. The molecule has 2 aromatic carbocycles. The van der Waals surface area contributed by atoms with Crippen molar-refractivity contribution in [2.24, 2.45) is 5.16 Å². The highest BCUT2D eigenvalue weighted by Gasteiger charge is 2.36. The Hall–Kier alpha value is -5.67. The topological polar surface area (TPSA) is 155 Å². The molecule has 1 saturated heterocycles. The molecule has 16 heteroatoms. The number of anilines is 2. The van der Waals surface area contributed by atoms with Gasteiger partial charge in [0.15, 0.2) is 5.71 Å². The van der Waals surface area contributed by atoms with Crippen LogP contribution in [0.3, 0.4) is 0 Å². The highest BCUT2D eigenvalue weighted by Crippen LogP contribution is 2.38.